The zero-order valence-corrected chi connectivity index (χ0v) is 13.9. The summed E-state index contributed by atoms with van der Waals surface area (Å²) in [6, 6.07) is 15.2. The van der Waals surface area contributed by atoms with Gasteiger partial charge in [-0.1, -0.05) is 35.9 Å². The molecule has 3 unspecified atom stereocenters. The fourth-order valence-corrected chi connectivity index (χ4v) is 3.24. The summed E-state index contributed by atoms with van der Waals surface area (Å²) in [6.07, 6.45) is -0.711. The summed E-state index contributed by atoms with van der Waals surface area (Å²) in [7, 11) is -1.71. The average Bonchev–Trinajstić information content (AvgIpc) is 2.86. The van der Waals surface area contributed by atoms with Crippen LogP contribution >= 0.6 is 19.6 Å². The highest BCUT2D eigenvalue weighted by Gasteiger charge is 2.38. The molecular weight excluding hydrogens is 321 g/mol. The van der Waals surface area contributed by atoms with Gasteiger partial charge in [-0.05, 0) is 35.8 Å². The summed E-state index contributed by atoms with van der Waals surface area (Å²) in [5, 5.41) is 0.673. The van der Waals surface area contributed by atoms with Crippen LogP contribution in [0.25, 0.3) is 0 Å². The normalized spacial score (nSPS) is 18.6. The third kappa shape index (κ3) is 2.95. The van der Waals surface area contributed by atoms with Crippen LogP contribution in [-0.2, 0) is 9.09 Å². The molecule has 6 heteroatoms. The molecule has 2 aromatic rings. The van der Waals surface area contributed by atoms with Crippen LogP contribution in [-0.4, -0.2) is 12.9 Å². The van der Waals surface area contributed by atoms with Crippen LogP contribution in [0, 0.1) is 0 Å². The maximum atomic E-state index is 11.5. The Balaban J connectivity index is 1.98. The van der Waals surface area contributed by atoms with Crippen molar-refractivity contribution in [1.29, 1.82) is 0 Å². The van der Waals surface area contributed by atoms with Crippen LogP contribution in [0.5, 0.6) is 5.75 Å². The van der Waals surface area contributed by atoms with Gasteiger partial charge in [0.15, 0.2) is 12.9 Å². The lowest BCUT2D eigenvalue weighted by atomic mass is 10.1. The molecule has 1 heterocycles. The molecule has 0 spiro atoms. The molecule has 1 aliphatic heterocycles. The van der Waals surface area contributed by atoms with Gasteiger partial charge in [-0.2, -0.15) is 0 Å². The van der Waals surface area contributed by atoms with Gasteiger partial charge < -0.3 is 4.74 Å². The Bertz CT molecular complexity index is 692. The monoisotopic (exact) mass is 336 g/mol. The standard InChI is InChI=1S/C16H16ClNO3P/c1-11(21-22(2)19)18-14-5-3-4-6-15(14)20-16(18)12-7-9-13(17)10-8-12/h3-11,16H,1-2H3/q+1. The molecule has 0 N–H and O–H groups in total. The maximum Gasteiger partial charge on any atom is 0.506 e. The van der Waals surface area contributed by atoms with E-state index < -0.39 is 8.03 Å². The quantitative estimate of drug-likeness (QED) is 0.739. The number of anilines is 1. The second kappa shape index (κ2) is 6.25. The molecule has 3 rings (SSSR count). The number of hydrogen-bond acceptors (Lipinski definition) is 4. The predicted molar refractivity (Wildman–Crippen MR) is 87.8 cm³/mol. The van der Waals surface area contributed by atoms with Crippen LogP contribution in [0.1, 0.15) is 18.7 Å². The summed E-state index contributed by atoms with van der Waals surface area (Å²) in [4.78, 5) is 1.98. The number of nitrogens with zero attached hydrogens (tertiary/aromatic N) is 1. The van der Waals surface area contributed by atoms with Crippen molar-refractivity contribution in [3.05, 3.63) is 59.1 Å². The van der Waals surface area contributed by atoms with E-state index in [4.69, 9.17) is 20.9 Å². The SMILES string of the molecule is CC(O[P+](C)=O)N1c2ccccc2OC1c1ccc(Cl)cc1. The largest absolute Gasteiger partial charge is 0.506 e. The van der Waals surface area contributed by atoms with E-state index in [-0.39, 0.29) is 12.5 Å². The second-order valence-corrected chi connectivity index (χ2v) is 6.57. The first kappa shape index (κ1) is 15.3. The van der Waals surface area contributed by atoms with Crippen LogP contribution < -0.4 is 9.64 Å². The minimum atomic E-state index is -1.71. The summed E-state index contributed by atoms with van der Waals surface area (Å²) >= 11 is 5.96. The Morgan fingerprint density at radius 3 is 2.59 bits per heavy atom. The van der Waals surface area contributed by atoms with Gasteiger partial charge in [0.2, 0.25) is 6.23 Å². The molecular formula is C16H16ClNO3P+. The van der Waals surface area contributed by atoms with Crippen LogP contribution in [0.4, 0.5) is 5.69 Å². The van der Waals surface area contributed by atoms with Gasteiger partial charge in [-0.15, -0.1) is 4.52 Å². The van der Waals surface area contributed by atoms with Crippen molar-refractivity contribution in [2.24, 2.45) is 0 Å². The Labute approximate surface area is 135 Å². The molecule has 0 aliphatic carbocycles. The summed E-state index contributed by atoms with van der Waals surface area (Å²) < 4.78 is 23.0. The van der Waals surface area contributed by atoms with Gasteiger partial charge in [0.05, 0.1) is 5.69 Å². The number of para-hydroxylation sites is 2. The Kier molecular flexibility index (Phi) is 4.34. The molecule has 0 saturated heterocycles. The van der Waals surface area contributed by atoms with Gasteiger partial charge in [-0.3, -0.25) is 4.90 Å². The maximum absolute atomic E-state index is 11.5. The van der Waals surface area contributed by atoms with Crippen molar-refractivity contribution in [1.82, 2.24) is 0 Å². The fourth-order valence-electron chi connectivity index (χ4n) is 2.58. The molecule has 22 heavy (non-hydrogen) atoms. The van der Waals surface area contributed by atoms with E-state index in [9.17, 15) is 4.57 Å². The number of hydrogen-bond donors (Lipinski definition) is 0. The number of rotatable bonds is 4. The lowest BCUT2D eigenvalue weighted by Gasteiger charge is -2.28. The molecule has 0 bridgehead atoms. The van der Waals surface area contributed by atoms with Crippen LogP contribution in [0.15, 0.2) is 48.5 Å². The average molecular weight is 337 g/mol. The minimum absolute atomic E-state index is 0.334. The Morgan fingerprint density at radius 1 is 1.23 bits per heavy atom. The third-order valence-corrected chi connectivity index (χ3v) is 4.34. The van der Waals surface area contributed by atoms with Crippen molar-refractivity contribution in [3.63, 3.8) is 0 Å². The molecule has 0 radical (unpaired) electrons. The lowest BCUT2D eigenvalue weighted by molar-refractivity contribution is 0.153. The molecule has 0 saturated carbocycles. The molecule has 4 nitrogen and oxygen atoms in total. The van der Waals surface area contributed by atoms with E-state index >= 15 is 0 Å². The first-order valence-corrected chi connectivity index (χ1v) is 8.93. The van der Waals surface area contributed by atoms with E-state index in [1.165, 1.54) is 0 Å². The predicted octanol–water partition coefficient (Wildman–Crippen LogP) is 4.97. The van der Waals surface area contributed by atoms with E-state index in [2.05, 4.69) is 0 Å². The first-order valence-electron chi connectivity index (χ1n) is 6.93. The Hall–Kier alpha value is -1.61. The number of halogens is 1. The highest BCUT2D eigenvalue weighted by molar-refractivity contribution is 7.38. The highest BCUT2D eigenvalue weighted by atomic mass is 35.5. The number of benzene rings is 2. The minimum Gasteiger partial charge on any atom is -0.464 e. The summed E-state index contributed by atoms with van der Waals surface area (Å²) in [6.45, 7) is 3.41. The molecule has 114 valence electrons. The van der Waals surface area contributed by atoms with Crippen molar-refractivity contribution in [2.75, 3.05) is 11.6 Å². The molecule has 0 fully saturated rings. The van der Waals surface area contributed by atoms with Gasteiger partial charge in [-0.25, -0.2) is 0 Å². The first-order chi connectivity index (χ1) is 10.6. The van der Waals surface area contributed by atoms with E-state index in [1.54, 1.807) is 6.66 Å². The van der Waals surface area contributed by atoms with Crippen LogP contribution in [0.3, 0.4) is 0 Å². The summed E-state index contributed by atoms with van der Waals surface area (Å²) in [5.74, 6) is 0.782. The van der Waals surface area contributed by atoms with Gasteiger partial charge in [0.1, 0.15) is 5.75 Å². The number of ether oxygens (including phenoxy) is 1. The molecule has 0 amide bonds. The molecule has 1 aliphatic rings. The van der Waals surface area contributed by atoms with Gasteiger partial charge >= 0.3 is 8.03 Å². The molecule has 3 atom stereocenters. The number of fused-ring (bicyclic) bond motifs is 1. The van der Waals surface area contributed by atoms with Gasteiger partial charge in [0.25, 0.3) is 0 Å². The van der Waals surface area contributed by atoms with Crippen molar-refractivity contribution in [2.45, 2.75) is 19.4 Å². The van der Waals surface area contributed by atoms with Gasteiger partial charge in [0, 0.05) is 10.6 Å². The summed E-state index contributed by atoms with van der Waals surface area (Å²) in [5.41, 5.74) is 1.88. The molecule has 0 aromatic heterocycles. The van der Waals surface area contributed by atoms with Crippen molar-refractivity contribution < 1.29 is 13.8 Å². The smallest absolute Gasteiger partial charge is 0.464 e. The zero-order chi connectivity index (χ0) is 15.7. The van der Waals surface area contributed by atoms with Crippen molar-refractivity contribution in [3.8, 4) is 5.75 Å². The van der Waals surface area contributed by atoms with Crippen molar-refractivity contribution >= 4 is 25.3 Å². The lowest BCUT2D eigenvalue weighted by Crippen LogP contribution is -2.36. The van der Waals surface area contributed by atoms with E-state index in [1.807, 2.05) is 60.4 Å². The van der Waals surface area contributed by atoms with E-state index in [0.29, 0.717) is 5.02 Å². The molecule has 2 aromatic carbocycles. The third-order valence-electron chi connectivity index (χ3n) is 3.48. The Morgan fingerprint density at radius 2 is 1.91 bits per heavy atom. The fraction of sp³-hybridized carbons (Fsp3) is 0.250. The zero-order valence-electron chi connectivity index (χ0n) is 12.3. The van der Waals surface area contributed by atoms with Crippen LogP contribution in [0.2, 0.25) is 5.02 Å². The topological polar surface area (TPSA) is 38.8 Å². The highest BCUT2D eigenvalue weighted by Crippen LogP contribution is 2.45. The second-order valence-electron chi connectivity index (χ2n) is 5.04. The van der Waals surface area contributed by atoms with E-state index in [0.717, 1.165) is 17.0 Å².